The van der Waals surface area contributed by atoms with Crippen molar-refractivity contribution in [2.24, 2.45) is 29.6 Å². The van der Waals surface area contributed by atoms with Crippen molar-refractivity contribution in [1.29, 1.82) is 0 Å². The van der Waals surface area contributed by atoms with E-state index in [1.807, 2.05) is 92.7 Å². The summed E-state index contributed by atoms with van der Waals surface area (Å²) in [6, 6.07) is 32.9. The van der Waals surface area contributed by atoms with Crippen LogP contribution in [0.4, 0.5) is 13.2 Å². The number of aliphatic hydroxyl groups excluding tert-OH is 3. The number of pyridine rings is 1. The van der Waals surface area contributed by atoms with Gasteiger partial charge in [-0.2, -0.15) is 13.2 Å². The standard InChI is InChI=1S/C18H21NO3.C12H16O.C10H14O.C6H11F3O.C5H12O/c1-13(2)11-14-7-9-16(10-8-14)22-12-15-5-4-6-17(19-15)18(20)21-3;1-10(2)8-12(13)9-11-6-4-3-5-7-11;1-8(2)10(11)9-6-4-3-5-7-9;1-4(2)3-5(10)6(7,8)9;1-5(2)3-4-6/h4-10,13H,11-12H2,1-3H3;3-7,10H,8-9H2,1-2H3;3-8,10-11H,1-2H3;4-5,10H,3H2,1-2H3;5-6H,3-4H2,1-2H3. The van der Waals surface area contributed by atoms with Gasteiger partial charge in [0.2, 0.25) is 0 Å². The monoisotopic (exact) mass is 870 g/mol. The Morgan fingerprint density at radius 3 is 1.66 bits per heavy atom. The van der Waals surface area contributed by atoms with Gasteiger partial charge in [0.25, 0.3) is 0 Å². The SMILES string of the molecule is CC(C)C(O)c1ccccc1.CC(C)CC(=O)Cc1ccccc1.CC(C)CC(O)C(F)(F)F.CC(C)CCO.COC(=O)c1cccc(COc2ccc(CC(C)C)cc2)n1. The molecule has 2 unspecified atom stereocenters. The van der Waals surface area contributed by atoms with Crippen LogP contribution in [0.15, 0.2) is 103 Å². The van der Waals surface area contributed by atoms with Crippen LogP contribution >= 0.6 is 0 Å². The normalized spacial score (nSPS) is 11.8. The number of aromatic nitrogens is 1. The zero-order valence-electron chi connectivity index (χ0n) is 38.9. The second kappa shape index (κ2) is 32.1. The van der Waals surface area contributed by atoms with Crippen molar-refractivity contribution in [2.45, 2.75) is 126 Å². The van der Waals surface area contributed by atoms with Crippen molar-refractivity contribution in [3.05, 3.63) is 131 Å². The van der Waals surface area contributed by atoms with E-state index in [1.54, 1.807) is 26.0 Å². The predicted octanol–water partition coefficient (Wildman–Crippen LogP) is 11.8. The Hall–Kier alpha value is -4.58. The van der Waals surface area contributed by atoms with Crippen LogP contribution < -0.4 is 4.74 Å². The number of nitrogens with zero attached hydrogens (tertiary/aromatic N) is 1. The number of ether oxygens (including phenoxy) is 2. The summed E-state index contributed by atoms with van der Waals surface area (Å²) in [5.41, 5.74) is 4.40. The highest BCUT2D eigenvalue weighted by Gasteiger charge is 2.38. The van der Waals surface area contributed by atoms with Gasteiger partial charge in [0, 0.05) is 19.4 Å². The van der Waals surface area contributed by atoms with E-state index < -0.39 is 18.2 Å². The molecule has 62 heavy (non-hydrogen) atoms. The Bertz CT molecular complexity index is 1730. The molecular weight excluding hydrogens is 796 g/mol. The molecule has 1 heterocycles. The van der Waals surface area contributed by atoms with Gasteiger partial charge in [-0.05, 0) is 89.8 Å². The fourth-order valence-corrected chi connectivity index (χ4v) is 5.35. The number of carbonyl (C=O) groups is 2. The van der Waals surface area contributed by atoms with Crippen LogP contribution in [0, 0.1) is 29.6 Å². The van der Waals surface area contributed by atoms with Crippen molar-refractivity contribution in [1.82, 2.24) is 4.98 Å². The lowest BCUT2D eigenvalue weighted by atomic mass is 10.00. The molecule has 3 N–H and O–H groups in total. The molecular formula is C51H74F3NO7. The molecule has 4 rings (SSSR count). The van der Waals surface area contributed by atoms with Gasteiger partial charge in [-0.1, -0.05) is 148 Å². The van der Waals surface area contributed by atoms with E-state index in [0.29, 0.717) is 55.3 Å². The average Bonchev–Trinajstić information content (AvgIpc) is 3.20. The molecule has 0 aliphatic rings. The first-order valence-corrected chi connectivity index (χ1v) is 21.5. The lowest BCUT2D eigenvalue weighted by molar-refractivity contribution is -0.207. The van der Waals surface area contributed by atoms with E-state index in [-0.39, 0.29) is 30.1 Å². The van der Waals surface area contributed by atoms with Gasteiger partial charge in [0.1, 0.15) is 29.9 Å². The molecule has 8 nitrogen and oxygen atoms in total. The molecule has 0 fully saturated rings. The summed E-state index contributed by atoms with van der Waals surface area (Å²) in [5.74, 6) is 2.59. The Kier molecular flexibility index (Phi) is 29.8. The van der Waals surface area contributed by atoms with E-state index in [9.17, 15) is 27.9 Å². The summed E-state index contributed by atoms with van der Waals surface area (Å²) in [5, 5.41) is 26.3. The number of esters is 1. The maximum absolute atomic E-state index is 11.6. The molecule has 4 aromatic rings. The highest BCUT2D eigenvalue weighted by molar-refractivity contribution is 5.87. The number of Topliss-reactive ketones (excluding diaryl/α,β-unsaturated/α-hetero) is 1. The summed E-state index contributed by atoms with van der Waals surface area (Å²) in [6.07, 6.45) is -3.89. The van der Waals surface area contributed by atoms with Crippen molar-refractivity contribution >= 4 is 11.8 Å². The molecule has 0 saturated heterocycles. The number of hydrogen-bond donors (Lipinski definition) is 3. The summed E-state index contributed by atoms with van der Waals surface area (Å²) in [4.78, 5) is 27.1. The minimum absolute atomic E-state index is 0.128. The highest BCUT2D eigenvalue weighted by Crippen LogP contribution is 2.24. The third-order valence-corrected chi connectivity index (χ3v) is 8.59. The molecule has 346 valence electrons. The van der Waals surface area contributed by atoms with Gasteiger partial charge in [0.05, 0.1) is 18.9 Å². The lowest BCUT2D eigenvalue weighted by Crippen LogP contribution is -2.29. The number of ketones is 1. The van der Waals surface area contributed by atoms with E-state index in [4.69, 9.17) is 14.9 Å². The molecule has 1 aromatic heterocycles. The second-order valence-electron chi connectivity index (χ2n) is 17.0. The number of hydrogen-bond acceptors (Lipinski definition) is 8. The molecule has 3 aromatic carbocycles. The van der Waals surface area contributed by atoms with Crippen molar-refractivity contribution < 1.29 is 47.6 Å². The summed E-state index contributed by atoms with van der Waals surface area (Å²) < 4.78 is 45.0. The topological polar surface area (TPSA) is 126 Å². The minimum atomic E-state index is -4.45. The van der Waals surface area contributed by atoms with Gasteiger partial charge >= 0.3 is 12.1 Å². The van der Waals surface area contributed by atoms with E-state index in [2.05, 4.69) is 63.4 Å². The Labute approximate surface area is 369 Å². The number of carbonyl (C=O) groups excluding carboxylic acids is 2. The Balaban J connectivity index is 0.000000804. The number of aliphatic hydroxyl groups is 3. The van der Waals surface area contributed by atoms with Crippen molar-refractivity contribution in [3.63, 3.8) is 0 Å². The molecule has 0 aliphatic carbocycles. The molecule has 0 bridgehead atoms. The van der Waals surface area contributed by atoms with Crippen LogP contribution in [0.3, 0.4) is 0 Å². The zero-order chi connectivity index (χ0) is 47.3. The van der Waals surface area contributed by atoms with E-state index in [1.165, 1.54) is 12.7 Å². The molecule has 2 atom stereocenters. The van der Waals surface area contributed by atoms with Crippen LogP contribution in [0.2, 0.25) is 0 Å². The largest absolute Gasteiger partial charge is 0.487 e. The third-order valence-electron chi connectivity index (χ3n) is 8.59. The highest BCUT2D eigenvalue weighted by atomic mass is 19.4. The first kappa shape index (κ1) is 57.4. The minimum Gasteiger partial charge on any atom is -0.487 e. The number of halogens is 3. The van der Waals surface area contributed by atoms with Crippen LogP contribution in [0.5, 0.6) is 5.75 Å². The van der Waals surface area contributed by atoms with Crippen molar-refractivity contribution in [3.8, 4) is 5.75 Å². The van der Waals surface area contributed by atoms with Crippen LogP contribution in [-0.4, -0.2) is 58.1 Å². The quantitative estimate of drug-likeness (QED) is 0.0951. The number of methoxy groups -OCH3 is 1. The van der Waals surface area contributed by atoms with E-state index >= 15 is 0 Å². The number of benzene rings is 3. The van der Waals surface area contributed by atoms with Gasteiger partial charge in [-0.15, -0.1) is 0 Å². The fraction of sp³-hybridized carbons (Fsp3) is 0.510. The molecule has 0 saturated carbocycles. The Morgan fingerprint density at radius 1 is 0.677 bits per heavy atom. The van der Waals surface area contributed by atoms with Gasteiger partial charge in [-0.25, -0.2) is 9.78 Å². The maximum Gasteiger partial charge on any atom is 0.414 e. The van der Waals surface area contributed by atoms with E-state index in [0.717, 1.165) is 29.7 Å². The van der Waals surface area contributed by atoms with Crippen LogP contribution in [0.25, 0.3) is 0 Å². The van der Waals surface area contributed by atoms with Crippen LogP contribution in [-0.2, 0) is 29.0 Å². The molecule has 0 amide bonds. The van der Waals surface area contributed by atoms with Gasteiger partial charge < -0.3 is 24.8 Å². The maximum atomic E-state index is 11.6. The van der Waals surface area contributed by atoms with Gasteiger partial charge in [-0.3, -0.25) is 4.79 Å². The average molecular weight is 870 g/mol. The first-order chi connectivity index (χ1) is 29.1. The molecule has 0 radical (unpaired) electrons. The Morgan fingerprint density at radius 2 is 1.24 bits per heavy atom. The summed E-state index contributed by atoms with van der Waals surface area (Å²) >= 11 is 0. The lowest BCUT2D eigenvalue weighted by Gasteiger charge is -2.15. The summed E-state index contributed by atoms with van der Waals surface area (Å²) in [6.45, 7) is 20.7. The number of rotatable bonds is 16. The van der Waals surface area contributed by atoms with Gasteiger partial charge in [0.15, 0.2) is 0 Å². The smallest absolute Gasteiger partial charge is 0.414 e. The fourth-order valence-electron chi connectivity index (χ4n) is 5.35. The predicted molar refractivity (Wildman–Crippen MR) is 244 cm³/mol. The molecule has 0 aliphatic heterocycles. The van der Waals surface area contributed by atoms with Crippen molar-refractivity contribution in [2.75, 3.05) is 13.7 Å². The number of alkyl halides is 3. The third kappa shape index (κ3) is 28.9. The molecule has 0 spiro atoms. The van der Waals surface area contributed by atoms with Crippen LogP contribution in [0.1, 0.15) is 127 Å². The first-order valence-electron chi connectivity index (χ1n) is 21.5. The zero-order valence-corrected chi connectivity index (χ0v) is 38.9. The summed E-state index contributed by atoms with van der Waals surface area (Å²) in [7, 11) is 1.34. The molecule has 11 heteroatoms. The second-order valence-corrected chi connectivity index (χ2v) is 17.0.